The number of aliphatic hydroxyl groups is 1. The maximum atomic E-state index is 11.0. The molecule has 0 aromatic rings. The second-order valence-corrected chi connectivity index (χ2v) is 2.73. The summed E-state index contributed by atoms with van der Waals surface area (Å²) in [5.74, 6) is -0.254. The van der Waals surface area contributed by atoms with Crippen molar-refractivity contribution in [3.8, 4) is 0 Å². The molecule has 0 aliphatic heterocycles. The first-order valence-corrected chi connectivity index (χ1v) is 3.90. The summed E-state index contributed by atoms with van der Waals surface area (Å²) >= 11 is 0. The van der Waals surface area contributed by atoms with Crippen molar-refractivity contribution in [1.82, 2.24) is 5.32 Å². The average Bonchev–Trinajstić information content (AvgIpc) is 2.00. The summed E-state index contributed by atoms with van der Waals surface area (Å²) < 4.78 is 0. The molecule has 0 rings (SSSR count). The van der Waals surface area contributed by atoms with Gasteiger partial charge >= 0.3 is 0 Å². The van der Waals surface area contributed by atoms with Crippen molar-refractivity contribution < 1.29 is 9.90 Å². The van der Waals surface area contributed by atoms with Crippen LogP contribution in [0.5, 0.6) is 0 Å². The predicted octanol–water partition coefficient (Wildman–Crippen LogP) is -0.613. The standard InChI is InChI=1S/C8H16N2O2/c1-3-4-7(9)8(12)10-5-6(2)11/h3,6-7,11H,1,4-5,9H2,2H3,(H,10,12). The van der Waals surface area contributed by atoms with E-state index in [1.54, 1.807) is 13.0 Å². The molecule has 70 valence electrons. The zero-order valence-electron chi connectivity index (χ0n) is 7.29. The third kappa shape index (κ3) is 4.87. The highest BCUT2D eigenvalue weighted by atomic mass is 16.3. The van der Waals surface area contributed by atoms with E-state index in [0.717, 1.165) is 0 Å². The number of nitrogens with one attached hydrogen (secondary N) is 1. The monoisotopic (exact) mass is 172 g/mol. The second kappa shape index (κ2) is 5.74. The lowest BCUT2D eigenvalue weighted by molar-refractivity contribution is -0.122. The molecule has 0 aromatic carbocycles. The minimum Gasteiger partial charge on any atom is -0.392 e. The highest BCUT2D eigenvalue weighted by molar-refractivity contribution is 5.81. The van der Waals surface area contributed by atoms with Gasteiger partial charge in [-0.05, 0) is 13.3 Å². The Bertz CT molecular complexity index is 157. The summed E-state index contributed by atoms with van der Waals surface area (Å²) in [7, 11) is 0. The molecule has 12 heavy (non-hydrogen) atoms. The molecule has 0 aliphatic carbocycles. The fourth-order valence-electron chi connectivity index (χ4n) is 0.666. The first kappa shape index (κ1) is 11.1. The molecule has 2 unspecified atom stereocenters. The summed E-state index contributed by atoms with van der Waals surface area (Å²) in [5, 5.41) is 11.3. The molecule has 0 bridgehead atoms. The SMILES string of the molecule is C=CCC(N)C(=O)NCC(C)O. The average molecular weight is 172 g/mol. The van der Waals surface area contributed by atoms with Gasteiger partial charge in [0.1, 0.15) is 0 Å². The summed E-state index contributed by atoms with van der Waals surface area (Å²) in [6.45, 7) is 5.31. The van der Waals surface area contributed by atoms with E-state index in [0.29, 0.717) is 6.42 Å². The third-order valence-electron chi connectivity index (χ3n) is 1.33. The molecule has 0 spiro atoms. The zero-order valence-corrected chi connectivity index (χ0v) is 7.29. The first-order valence-electron chi connectivity index (χ1n) is 3.90. The smallest absolute Gasteiger partial charge is 0.237 e. The molecule has 4 N–H and O–H groups in total. The van der Waals surface area contributed by atoms with Crippen molar-refractivity contribution >= 4 is 5.91 Å². The normalized spacial score (nSPS) is 14.9. The van der Waals surface area contributed by atoms with Gasteiger partial charge in [0, 0.05) is 6.54 Å². The second-order valence-electron chi connectivity index (χ2n) is 2.73. The van der Waals surface area contributed by atoms with Crippen LogP contribution < -0.4 is 11.1 Å². The van der Waals surface area contributed by atoms with Crippen molar-refractivity contribution in [1.29, 1.82) is 0 Å². The Morgan fingerprint density at radius 1 is 1.83 bits per heavy atom. The molecule has 0 saturated heterocycles. The number of carbonyl (C=O) groups is 1. The summed E-state index contributed by atoms with van der Waals surface area (Å²) in [6, 6.07) is -0.554. The van der Waals surface area contributed by atoms with Crippen LogP contribution in [0.1, 0.15) is 13.3 Å². The highest BCUT2D eigenvalue weighted by Crippen LogP contribution is 1.88. The van der Waals surface area contributed by atoms with E-state index in [9.17, 15) is 4.79 Å². The number of hydrogen-bond donors (Lipinski definition) is 3. The van der Waals surface area contributed by atoms with E-state index in [4.69, 9.17) is 10.8 Å². The van der Waals surface area contributed by atoms with Gasteiger partial charge in [0.25, 0.3) is 0 Å². The number of amides is 1. The third-order valence-corrected chi connectivity index (χ3v) is 1.33. The summed E-state index contributed by atoms with van der Waals surface area (Å²) in [5.41, 5.74) is 5.45. The minimum absolute atomic E-state index is 0.240. The summed E-state index contributed by atoms with van der Waals surface area (Å²) in [4.78, 5) is 11.0. The fourth-order valence-corrected chi connectivity index (χ4v) is 0.666. The highest BCUT2D eigenvalue weighted by Gasteiger charge is 2.10. The molecule has 0 aliphatic rings. The number of carbonyl (C=O) groups excluding carboxylic acids is 1. The van der Waals surface area contributed by atoms with Crippen molar-refractivity contribution in [2.45, 2.75) is 25.5 Å². The van der Waals surface area contributed by atoms with Gasteiger partial charge in [-0.15, -0.1) is 6.58 Å². The number of hydrogen-bond acceptors (Lipinski definition) is 3. The van der Waals surface area contributed by atoms with E-state index >= 15 is 0 Å². The van der Waals surface area contributed by atoms with Gasteiger partial charge in [-0.3, -0.25) is 4.79 Å². The van der Waals surface area contributed by atoms with Crippen LogP contribution in [0, 0.1) is 0 Å². The Morgan fingerprint density at radius 2 is 2.42 bits per heavy atom. The van der Waals surface area contributed by atoms with Crippen LogP contribution >= 0.6 is 0 Å². The Kier molecular flexibility index (Phi) is 5.32. The van der Waals surface area contributed by atoms with Crippen molar-refractivity contribution in [2.24, 2.45) is 5.73 Å². The van der Waals surface area contributed by atoms with E-state index in [2.05, 4.69) is 11.9 Å². The van der Waals surface area contributed by atoms with E-state index < -0.39 is 12.1 Å². The van der Waals surface area contributed by atoms with Gasteiger partial charge < -0.3 is 16.2 Å². The largest absolute Gasteiger partial charge is 0.392 e. The van der Waals surface area contributed by atoms with Crippen LogP contribution in [0.2, 0.25) is 0 Å². The van der Waals surface area contributed by atoms with Crippen molar-refractivity contribution in [3.63, 3.8) is 0 Å². The van der Waals surface area contributed by atoms with Gasteiger partial charge in [0.15, 0.2) is 0 Å². The van der Waals surface area contributed by atoms with Crippen molar-refractivity contribution in [3.05, 3.63) is 12.7 Å². The first-order chi connectivity index (χ1) is 5.57. The van der Waals surface area contributed by atoms with Crippen LogP contribution in [-0.2, 0) is 4.79 Å². The van der Waals surface area contributed by atoms with Gasteiger partial charge in [-0.25, -0.2) is 0 Å². The Morgan fingerprint density at radius 3 is 2.83 bits per heavy atom. The lowest BCUT2D eigenvalue weighted by Gasteiger charge is -2.11. The molecule has 0 aromatic heterocycles. The maximum absolute atomic E-state index is 11.0. The quantitative estimate of drug-likeness (QED) is 0.484. The van der Waals surface area contributed by atoms with Gasteiger partial charge in [-0.1, -0.05) is 6.08 Å². The molecule has 1 amide bonds. The van der Waals surface area contributed by atoms with E-state index in [1.807, 2.05) is 0 Å². The van der Waals surface area contributed by atoms with E-state index in [1.165, 1.54) is 0 Å². The number of nitrogens with two attached hydrogens (primary N) is 1. The Labute approximate surface area is 72.4 Å². The fraction of sp³-hybridized carbons (Fsp3) is 0.625. The molecule has 0 saturated carbocycles. The summed E-state index contributed by atoms with van der Waals surface area (Å²) in [6.07, 6.45) is 1.50. The van der Waals surface area contributed by atoms with E-state index in [-0.39, 0.29) is 12.5 Å². The Balaban J connectivity index is 3.63. The van der Waals surface area contributed by atoms with Gasteiger partial charge in [0.2, 0.25) is 5.91 Å². The lowest BCUT2D eigenvalue weighted by atomic mass is 10.2. The lowest BCUT2D eigenvalue weighted by Crippen LogP contribution is -2.42. The molecule has 0 heterocycles. The predicted molar refractivity (Wildman–Crippen MR) is 47.5 cm³/mol. The number of rotatable bonds is 5. The minimum atomic E-state index is -0.554. The molecule has 0 fully saturated rings. The molecule has 4 heteroatoms. The van der Waals surface area contributed by atoms with Crippen LogP contribution in [0.4, 0.5) is 0 Å². The van der Waals surface area contributed by atoms with Crippen LogP contribution in [0.15, 0.2) is 12.7 Å². The van der Waals surface area contributed by atoms with Gasteiger partial charge in [0.05, 0.1) is 12.1 Å². The molecule has 4 nitrogen and oxygen atoms in total. The van der Waals surface area contributed by atoms with Crippen LogP contribution in [0.25, 0.3) is 0 Å². The van der Waals surface area contributed by atoms with Crippen LogP contribution in [-0.4, -0.2) is 29.7 Å². The number of aliphatic hydroxyl groups excluding tert-OH is 1. The maximum Gasteiger partial charge on any atom is 0.237 e. The Hall–Kier alpha value is -0.870. The topological polar surface area (TPSA) is 75.4 Å². The molecule has 2 atom stereocenters. The molecule has 0 radical (unpaired) electrons. The van der Waals surface area contributed by atoms with Crippen LogP contribution in [0.3, 0.4) is 0 Å². The van der Waals surface area contributed by atoms with Gasteiger partial charge in [-0.2, -0.15) is 0 Å². The zero-order chi connectivity index (χ0) is 9.56. The molecular formula is C8H16N2O2. The van der Waals surface area contributed by atoms with Crippen molar-refractivity contribution in [2.75, 3.05) is 6.54 Å². The molecular weight excluding hydrogens is 156 g/mol.